The summed E-state index contributed by atoms with van der Waals surface area (Å²) >= 11 is 0. The van der Waals surface area contributed by atoms with Crippen molar-refractivity contribution in [3.8, 4) is 0 Å². The number of likely N-dealkylation sites (tertiary alicyclic amines) is 2. The van der Waals surface area contributed by atoms with Crippen molar-refractivity contribution in [2.75, 3.05) is 46.4 Å². The molecule has 2 N–H and O–H groups in total. The fourth-order valence-corrected chi connectivity index (χ4v) is 3.73. The molecule has 2 heterocycles. The number of nitrogens with zero attached hydrogens (tertiary/aromatic N) is 2. The van der Waals surface area contributed by atoms with Crippen molar-refractivity contribution in [1.82, 2.24) is 15.1 Å². The van der Waals surface area contributed by atoms with Gasteiger partial charge in [-0.05, 0) is 38.3 Å². The molecule has 1 atom stereocenters. The highest BCUT2D eigenvalue weighted by molar-refractivity contribution is 5.68. The van der Waals surface area contributed by atoms with Crippen LogP contribution in [0.5, 0.6) is 0 Å². The minimum Gasteiger partial charge on any atom is -0.445 e. The maximum absolute atomic E-state index is 12.3. The number of likely N-dealkylation sites (N-methyl/N-ethyl adjacent to an activating group) is 1. The van der Waals surface area contributed by atoms with Crippen LogP contribution in [0.3, 0.4) is 0 Å². The molecule has 0 aromatic rings. The van der Waals surface area contributed by atoms with E-state index >= 15 is 0 Å². The Morgan fingerprint density at radius 1 is 1.46 bits per heavy atom. The number of piperidine rings is 1. The quantitative estimate of drug-likeness (QED) is 0.788. The molecule has 2 fully saturated rings. The van der Waals surface area contributed by atoms with Gasteiger partial charge in [-0.3, -0.25) is 0 Å². The number of aliphatic hydroxyl groups is 1. The van der Waals surface area contributed by atoms with Crippen LogP contribution in [0.15, 0.2) is 23.8 Å². The van der Waals surface area contributed by atoms with Gasteiger partial charge in [-0.25, -0.2) is 4.79 Å². The molecule has 6 nitrogen and oxygen atoms in total. The van der Waals surface area contributed by atoms with Gasteiger partial charge >= 0.3 is 6.09 Å². The molecule has 0 aromatic heterocycles. The SMILES string of the molecule is CN1CC(O)(CNC2CCCN(C(=O)OCC3=CCCC=C3)C2)C1. The van der Waals surface area contributed by atoms with Gasteiger partial charge in [0.15, 0.2) is 0 Å². The van der Waals surface area contributed by atoms with Crippen LogP contribution < -0.4 is 5.32 Å². The van der Waals surface area contributed by atoms with Gasteiger partial charge in [-0.15, -0.1) is 0 Å². The fourth-order valence-electron chi connectivity index (χ4n) is 3.73. The normalized spacial score (nSPS) is 26.7. The van der Waals surface area contributed by atoms with Crippen molar-refractivity contribution >= 4 is 6.09 Å². The second kappa shape index (κ2) is 7.68. The number of rotatable bonds is 5. The first-order chi connectivity index (χ1) is 11.5. The van der Waals surface area contributed by atoms with E-state index in [1.165, 1.54) is 0 Å². The monoisotopic (exact) mass is 335 g/mol. The number of nitrogens with one attached hydrogen (secondary N) is 1. The van der Waals surface area contributed by atoms with E-state index in [9.17, 15) is 9.90 Å². The largest absolute Gasteiger partial charge is 0.445 e. The average Bonchev–Trinajstić information content (AvgIpc) is 2.58. The first-order valence-corrected chi connectivity index (χ1v) is 8.96. The Balaban J connectivity index is 1.40. The molecule has 0 radical (unpaired) electrons. The molecular weight excluding hydrogens is 306 g/mol. The molecule has 1 unspecified atom stereocenters. The molecule has 0 saturated carbocycles. The summed E-state index contributed by atoms with van der Waals surface area (Å²) in [5.74, 6) is 0. The van der Waals surface area contributed by atoms with E-state index in [-0.39, 0.29) is 12.1 Å². The summed E-state index contributed by atoms with van der Waals surface area (Å²) in [5, 5.41) is 13.7. The van der Waals surface area contributed by atoms with Crippen molar-refractivity contribution in [2.24, 2.45) is 0 Å². The lowest BCUT2D eigenvalue weighted by Gasteiger charge is -2.45. The Hall–Kier alpha value is -1.37. The van der Waals surface area contributed by atoms with Crippen molar-refractivity contribution in [3.05, 3.63) is 23.8 Å². The number of ether oxygens (including phenoxy) is 1. The molecule has 0 bridgehead atoms. The van der Waals surface area contributed by atoms with Gasteiger partial charge in [-0.1, -0.05) is 18.2 Å². The van der Waals surface area contributed by atoms with E-state index in [1.807, 2.05) is 13.1 Å². The van der Waals surface area contributed by atoms with Crippen molar-refractivity contribution in [1.29, 1.82) is 0 Å². The second-order valence-electron chi connectivity index (χ2n) is 7.38. The zero-order chi connectivity index (χ0) is 17.0. The molecule has 2 aliphatic heterocycles. The zero-order valence-corrected chi connectivity index (χ0v) is 14.5. The minimum atomic E-state index is -0.614. The van der Waals surface area contributed by atoms with E-state index in [2.05, 4.69) is 22.4 Å². The van der Waals surface area contributed by atoms with Crippen molar-refractivity contribution in [3.63, 3.8) is 0 Å². The van der Waals surface area contributed by atoms with Crippen LogP contribution in [0, 0.1) is 0 Å². The number of hydrogen-bond acceptors (Lipinski definition) is 5. The molecule has 3 rings (SSSR count). The van der Waals surface area contributed by atoms with E-state index in [1.54, 1.807) is 4.90 Å². The van der Waals surface area contributed by atoms with Crippen molar-refractivity contribution < 1.29 is 14.6 Å². The van der Waals surface area contributed by atoms with E-state index in [0.29, 0.717) is 32.8 Å². The molecule has 0 spiro atoms. The third-order valence-corrected chi connectivity index (χ3v) is 4.96. The van der Waals surface area contributed by atoms with Crippen LogP contribution in [0.1, 0.15) is 25.7 Å². The summed E-state index contributed by atoms with van der Waals surface area (Å²) in [7, 11) is 2.00. The Bertz CT molecular complexity index is 512. The maximum Gasteiger partial charge on any atom is 0.410 e. The molecule has 2 saturated heterocycles. The summed E-state index contributed by atoms with van der Waals surface area (Å²) < 4.78 is 5.44. The number of hydrogen-bond donors (Lipinski definition) is 2. The summed E-state index contributed by atoms with van der Waals surface area (Å²) in [6, 6.07) is 0.232. The van der Waals surface area contributed by atoms with Crippen LogP contribution in [-0.2, 0) is 4.74 Å². The Kier molecular flexibility index (Phi) is 5.58. The molecule has 0 aromatic carbocycles. The first-order valence-electron chi connectivity index (χ1n) is 8.96. The van der Waals surface area contributed by atoms with Crippen LogP contribution in [0.4, 0.5) is 4.79 Å². The van der Waals surface area contributed by atoms with Gasteiger partial charge in [0.1, 0.15) is 12.2 Å². The summed E-state index contributed by atoms with van der Waals surface area (Å²) in [4.78, 5) is 16.1. The molecule has 3 aliphatic rings. The van der Waals surface area contributed by atoms with Gasteiger partial charge < -0.3 is 25.0 Å². The standard InChI is InChI=1S/C18H29N3O3/c1-20-13-18(23,14-20)12-19-16-8-5-9-21(10-16)17(22)24-11-15-6-3-2-4-7-15/h3,6-7,16,19,23H,2,4-5,8-14H2,1H3. The molecule has 1 aliphatic carbocycles. The predicted molar refractivity (Wildman–Crippen MR) is 92.8 cm³/mol. The van der Waals surface area contributed by atoms with Crippen LogP contribution in [-0.4, -0.2) is 79.0 Å². The lowest BCUT2D eigenvalue weighted by molar-refractivity contribution is -0.0853. The highest BCUT2D eigenvalue weighted by Gasteiger charge is 2.39. The zero-order valence-electron chi connectivity index (χ0n) is 14.5. The van der Waals surface area contributed by atoms with Gasteiger partial charge in [0.25, 0.3) is 0 Å². The molecule has 134 valence electrons. The average molecular weight is 335 g/mol. The maximum atomic E-state index is 12.3. The van der Waals surface area contributed by atoms with Gasteiger partial charge in [0, 0.05) is 38.8 Å². The van der Waals surface area contributed by atoms with Crippen LogP contribution >= 0.6 is 0 Å². The van der Waals surface area contributed by atoms with Crippen LogP contribution in [0.25, 0.3) is 0 Å². The summed E-state index contributed by atoms with van der Waals surface area (Å²) in [6.07, 6.45) is 10.1. The number of amides is 1. The van der Waals surface area contributed by atoms with Gasteiger partial charge in [0.2, 0.25) is 0 Å². The van der Waals surface area contributed by atoms with E-state index in [4.69, 9.17) is 4.74 Å². The lowest BCUT2D eigenvalue weighted by Crippen LogP contribution is -2.65. The van der Waals surface area contributed by atoms with Crippen LogP contribution in [0.2, 0.25) is 0 Å². The van der Waals surface area contributed by atoms with E-state index < -0.39 is 5.60 Å². The lowest BCUT2D eigenvalue weighted by atomic mass is 9.94. The molecule has 24 heavy (non-hydrogen) atoms. The van der Waals surface area contributed by atoms with Gasteiger partial charge in [-0.2, -0.15) is 0 Å². The van der Waals surface area contributed by atoms with Crippen molar-refractivity contribution in [2.45, 2.75) is 37.3 Å². The van der Waals surface area contributed by atoms with Gasteiger partial charge in [0.05, 0.1) is 0 Å². The first kappa shape index (κ1) is 17.5. The second-order valence-corrected chi connectivity index (χ2v) is 7.38. The number of carbonyl (C=O) groups is 1. The fraction of sp³-hybridized carbons (Fsp3) is 0.722. The Morgan fingerprint density at radius 3 is 3.00 bits per heavy atom. The summed E-state index contributed by atoms with van der Waals surface area (Å²) in [5.41, 5.74) is 0.467. The Morgan fingerprint density at radius 2 is 2.29 bits per heavy atom. The highest BCUT2D eigenvalue weighted by atomic mass is 16.6. The minimum absolute atomic E-state index is 0.232. The topological polar surface area (TPSA) is 65.0 Å². The molecule has 6 heteroatoms. The number of β-amino-alcohol motifs (C(OH)–C–C–N with tert-alkyl or cyclic N) is 1. The number of allylic oxidation sites excluding steroid dienone is 2. The molecular formula is C18H29N3O3. The smallest absolute Gasteiger partial charge is 0.410 e. The highest BCUT2D eigenvalue weighted by Crippen LogP contribution is 2.19. The third-order valence-electron chi connectivity index (χ3n) is 4.96. The summed E-state index contributed by atoms with van der Waals surface area (Å²) in [6.45, 7) is 3.76. The Labute approximate surface area is 144 Å². The third kappa shape index (κ3) is 4.59. The molecule has 1 amide bonds. The number of carbonyl (C=O) groups excluding carboxylic acids is 1. The van der Waals surface area contributed by atoms with E-state index in [0.717, 1.165) is 37.8 Å². The predicted octanol–water partition coefficient (Wildman–Crippen LogP) is 1.13.